The smallest absolute Gasteiger partial charge is 0.0214 e. The first-order valence-electron chi connectivity index (χ1n) is 3.29. The summed E-state index contributed by atoms with van der Waals surface area (Å²) in [6, 6.07) is 0. The molecule has 0 radical (unpaired) electrons. The van der Waals surface area contributed by atoms with Crippen LogP contribution in [0.15, 0.2) is 0 Å². The van der Waals surface area contributed by atoms with Crippen LogP contribution in [0, 0.1) is 0 Å². The van der Waals surface area contributed by atoms with Crippen LogP contribution in [0.25, 0.3) is 0 Å². The third kappa shape index (κ3) is 2.85. The van der Waals surface area contributed by atoms with E-state index in [9.17, 15) is 0 Å². The van der Waals surface area contributed by atoms with Crippen molar-refractivity contribution < 1.29 is 0 Å². The van der Waals surface area contributed by atoms with Gasteiger partial charge in [-0.2, -0.15) is 24.4 Å². The van der Waals surface area contributed by atoms with Crippen LogP contribution in [0.4, 0.5) is 0 Å². The summed E-state index contributed by atoms with van der Waals surface area (Å²) in [5.74, 6) is 0. The minimum atomic E-state index is 0.208. The summed E-state index contributed by atoms with van der Waals surface area (Å²) in [6.45, 7) is 6.60. The standard InChI is InChI=1S/C7H16S2/c1-5-7(3,8)6(2)9-4/h6,8H,5H2,1-4H3. The Morgan fingerprint density at radius 3 is 2.22 bits per heavy atom. The second kappa shape index (κ2) is 3.77. The predicted octanol–water partition coefficient (Wildman–Crippen LogP) is 2.84. The summed E-state index contributed by atoms with van der Waals surface area (Å²) in [5.41, 5.74) is 0. The zero-order valence-electron chi connectivity index (χ0n) is 6.64. The van der Waals surface area contributed by atoms with Crippen LogP contribution in [-0.4, -0.2) is 16.3 Å². The number of rotatable bonds is 3. The molecule has 56 valence electrons. The van der Waals surface area contributed by atoms with Gasteiger partial charge in [-0.25, -0.2) is 0 Å². The highest BCUT2D eigenvalue weighted by molar-refractivity contribution is 8.00. The van der Waals surface area contributed by atoms with E-state index in [0.29, 0.717) is 5.25 Å². The Bertz CT molecular complexity index is 79.0. The topological polar surface area (TPSA) is 0 Å². The molecule has 0 aromatic rings. The van der Waals surface area contributed by atoms with Crippen LogP contribution < -0.4 is 0 Å². The molecule has 0 aromatic heterocycles. The number of thiol groups is 1. The van der Waals surface area contributed by atoms with Crippen molar-refractivity contribution >= 4 is 24.4 Å². The molecular weight excluding hydrogens is 148 g/mol. The molecule has 2 heteroatoms. The molecule has 0 aliphatic heterocycles. The molecule has 0 nitrogen and oxygen atoms in total. The highest BCUT2D eigenvalue weighted by Crippen LogP contribution is 2.29. The van der Waals surface area contributed by atoms with Gasteiger partial charge in [-0.15, -0.1) is 0 Å². The number of hydrogen-bond acceptors (Lipinski definition) is 2. The molecule has 0 aliphatic carbocycles. The van der Waals surface area contributed by atoms with Crippen molar-refractivity contribution in [2.45, 2.75) is 37.2 Å². The average molecular weight is 164 g/mol. The van der Waals surface area contributed by atoms with Gasteiger partial charge < -0.3 is 0 Å². The second-order valence-electron chi connectivity index (χ2n) is 2.59. The first-order chi connectivity index (χ1) is 4.04. The number of thioether (sulfide) groups is 1. The summed E-state index contributed by atoms with van der Waals surface area (Å²) >= 11 is 6.42. The third-order valence-electron chi connectivity index (χ3n) is 1.95. The van der Waals surface area contributed by atoms with Crippen molar-refractivity contribution in [3.05, 3.63) is 0 Å². The molecule has 2 atom stereocenters. The van der Waals surface area contributed by atoms with Crippen molar-refractivity contribution in [2.75, 3.05) is 6.26 Å². The summed E-state index contributed by atoms with van der Waals surface area (Å²) < 4.78 is 0.208. The molecule has 0 aromatic carbocycles. The normalized spacial score (nSPS) is 21.0. The molecule has 0 saturated carbocycles. The maximum Gasteiger partial charge on any atom is 0.0214 e. The van der Waals surface area contributed by atoms with E-state index in [1.54, 1.807) is 0 Å². The van der Waals surface area contributed by atoms with Crippen LogP contribution in [0.1, 0.15) is 27.2 Å². The highest BCUT2D eigenvalue weighted by Gasteiger charge is 2.23. The molecule has 0 N–H and O–H groups in total. The number of hydrogen-bond donors (Lipinski definition) is 1. The lowest BCUT2D eigenvalue weighted by molar-refractivity contribution is 0.619. The lowest BCUT2D eigenvalue weighted by Crippen LogP contribution is -2.27. The third-order valence-corrected chi connectivity index (χ3v) is 4.05. The Morgan fingerprint density at radius 2 is 2.11 bits per heavy atom. The zero-order chi connectivity index (χ0) is 7.49. The Hall–Kier alpha value is 0.700. The molecule has 0 aliphatic rings. The van der Waals surface area contributed by atoms with E-state index in [2.05, 4.69) is 39.7 Å². The summed E-state index contributed by atoms with van der Waals surface area (Å²) in [7, 11) is 0. The van der Waals surface area contributed by atoms with Gasteiger partial charge in [0.05, 0.1) is 0 Å². The molecule has 0 amide bonds. The summed E-state index contributed by atoms with van der Waals surface area (Å²) in [6.07, 6.45) is 3.27. The molecule has 0 rings (SSSR count). The molecule has 2 unspecified atom stereocenters. The first kappa shape index (κ1) is 9.70. The fourth-order valence-electron chi connectivity index (χ4n) is 0.541. The minimum absolute atomic E-state index is 0.208. The molecule has 0 fully saturated rings. The van der Waals surface area contributed by atoms with E-state index in [1.165, 1.54) is 0 Å². The van der Waals surface area contributed by atoms with E-state index in [-0.39, 0.29) is 4.75 Å². The monoisotopic (exact) mass is 164 g/mol. The van der Waals surface area contributed by atoms with Gasteiger partial charge in [0.1, 0.15) is 0 Å². The van der Waals surface area contributed by atoms with Gasteiger partial charge in [-0.3, -0.25) is 0 Å². The van der Waals surface area contributed by atoms with Crippen LogP contribution in [0.2, 0.25) is 0 Å². The van der Waals surface area contributed by atoms with Crippen molar-refractivity contribution in [1.29, 1.82) is 0 Å². The molecule has 0 heterocycles. The maximum atomic E-state index is 4.54. The lowest BCUT2D eigenvalue weighted by Gasteiger charge is -2.27. The molecule has 0 bridgehead atoms. The van der Waals surface area contributed by atoms with Crippen LogP contribution in [0.5, 0.6) is 0 Å². The van der Waals surface area contributed by atoms with E-state index in [1.807, 2.05) is 11.8 Å². The zero-order valence-corrected chi connectivity index (χ0v) is 8.35. The Kier molecular flexibility index (Phi) is 4.06. The minimum Gasteiger partial charge on any atom is -0.172 e. The first-order valence-corrected chi connectivity index (χ1v) is 5.03. The Labute approximate surface area is 68.2 Å². The van der Waals surface area contributed by atoms with Crippen LogP contribution in [0.3, 0.4) is 0 Å². The maximum absolute atomic E-state index is 4.54. The SMILES string of the molecule is CCC(C)(S)C(C)SC. The van der Waals surface area contributed by atoms with Crippen LogP contribution in [-0.2, 0) is 0 Å². The predicted molar refractivity (Wildman–Crippen MR) is 50.7 cm³/mol. The fraction of sp³-hybridized carbons (Fsp3) is 1.00. The van der Waals surface area contributed by atoms with Gasteiger partial charge in [0, 0.05) is 10.00 Å². The van der Waals surface area contributed by atoms with Crippen molar-refractivity contribution in [3.8, 4) is 0 Å². The lowest BCUT2D eigenvalue weighted by atomic mass is 10.1. The molecular formula is C7H16S2. The molecule has 9 heavy (non-hydrogen) atoms. The van der Waals surface area contributed by atoms with E-state index >= 15 is 0 Å². The van der Waals surface area contributed by atoms with Crippen molar-refractivity contribution in [2.24, 2.45) is 0 Å². The second-order valence-corrected chi connectivity index (χ2v) is 4.79. The summed E-state index contributed by atoms with van der Waals surface area (Å²) in [5, 5.41) is 0.644. The van der Waals surface area contributed by atoms with Crippen LogP contribution >= 0.6 is 24.4 Å². The quantitative estimate of drug-likeness (QED) is 0.626. The van der Waals surface area contributed by atoms with Gasteiger partial charge >= 0.3 is 0 Å². The van der Waals surface area contributed by atoms with Gasteiger partial charge in [-0.1, -0.05) is 13.8 Å². The largest absolute Gasteiger partial charge is 0.172 e. The summed E-state index contributed by atoms with van der Waals surface area (Å²) in [4.78, 5) is 0. The molecule has 0 saturated heterocycles. The fourth-order valence-corrected chi connectivity index (χ4v) is 1.53. The van der Waals surface area contributed by atoms with Crippen molar-refractivity contribution in [3.63, 3.8) is 0 Å². The van der Waals surface area contributed by atoms with E-state index < -0.39 is 0 Å². The van der Waals surface area contributed by atoms with E-state index in [0.717, 1.165) is 6.42 Å². The van der Waals surface area contributed by atoms with Gasteiger partial charge in [0.15, 0.2) is 0 Å². The van der Waals surface area contributed by atoms with Gasteiger partial charge in [0.2, 0.25) is 0 Å². The van der Waals surface area contributed by atoms with Gasteiger partial charge in [0.25, 0.3) is 0 Å². The average Bonchev–Trinajstić information content (AvgIpc) is 1.86. The van der Waals surface area contributed by atoms with Gasteiger partial charge in [-0.05, 0) is 19.6 Å². The molecule has 0 spiro atoms. The Morgan fingerprint density at radius 1 is 1.67 bits per heavy atom. The van der Waals surface area contributed by atoms with E-state index in [4.69, 9.17) is 0 Å². The highest BCUT2D eigenvalue weighted by atomic mass is 32.2. The Balaban J connectivity index is 3.80. The van der Waals surface area contributed by atoms with Crippen molar-refractivity contribution in [1.82, 2.24) is 0 Å².